The Labute approximate surface area is 90.1 Å². The van der Waals surface area contributed by atoms with Gasteiger partial charge in [0.1, 0.15) is 5.82 Å². The number of hydrogen-bond acceptors (Lipinski definition) is 2. The zero-order valence-corrected chi connectivity index (χ0v) is 8.88. The number of hydrogen-bond donors (Lipinski definition) is 2. The molecule has 15 heavy (non-hydrogen) atoms. The van der Waals surface area contributed by atoms with E-state index >= 15 is 0 Å². The molecule has 0 spiro atoms. The largest absolute Gasteiger partial charge is 0.396 e. The van der Waals surface area contributed by atoms with E-state index in [-0.39, 0.29) is 12.4 Å². The van der Waals surface area contributed by atoms with Gasteiger partial charge < -0.3 is 10.4 Å². The first kappa shape index (κ1) is 12.0. The molecule has 1 aromatic rings. The lowest BCUT2D eigenvalue weighted by atomic mass is 10.2. The molecule has 0 atom stereocenters. The van der Waals surface area contributed by atoms with E-state index in [4.69, 9.17) is 5.11 Å². The van der Waals surface area contributed by atoms with Crippen LogP contribution in [0.15, 0.2) is 24.3 Å². The van der Waals surface area contributed by atoms with Crippen LogP contribution < -0.4 is 5.32 Å². The Hall–Kier alpha value is -1.09. The topological polar surface area (TPSA) is 32.3 Å². The fourth-order valence-electron chi connectivity index (χ4n) is 1.42. The summed E-state index contributed by atoms with van der Waals surface area (Å²) in [6.07, 6.45) is 4.08. The summed E-state index contributed by atoms with van der Waals surface area (Å²) < 4.78 is 12.8. The van der Waals surface area contributed by atoms with Crippen LogP contribution in [-0.2, 0) is 0 Å². The number of anilines is 1. The van der Waals surface area contributed by atoms with Crippen LogP contribution >= 0.6 is 0 Å². The van der Waals surface area contributed by atoms with Gasteiger partial charge in [0, 0.05) is 18.8 Å². The van der Waals surface area contributed by atoms with Gasteiger partial charge in [0.15, 0.2) is 0 Å². The highest BCUT2D eigenvalue weighted by Gasteiger charge is 1.94. The highest BCUT2D eigenvalue weighted by atomic mass is 19.1. The third-order valence-electron chi connectivity index (χ3n) is 2.24. The Balaban J connectivity index is 2.10. The minimum absolute atomic E-state index is 0.208. The van der Waals surface area contributed by atoms with E-state index in [1.165, 1.54) is 12.1 Å². The summed E-state index contributed by atoms with van der Waals surface area (Å²) in [5.41, 5.74) is 0.831. The molecule has 1 aromatic carbocycles. The van der Waals surface area contributed by atoms with Crippen LogP contribution in [0.5, 0.6) is 0 Å². The molecule has 2 nitrogen and oxygen atoms in total. The van der Waals surface area contributed by atoms with Crippen LogP contribution in [0.3, 0.4) is 0 Å². The number of aliphatic hydroxyl groups excluding tert-OH is 1. The first-order valence-corrected chi connectivity index (χ1v) is 5.43. The molecule has 3 heteroatoms. The number of rotatable bonds is 7. The molecule has 0 aliphatic heterocycles. The van der Waals surface area contributed by atoms with E-state index in [0.717, 1.165) is 37.9 Å². The van der Waals surface area contributed by atoms with E-state index in [0.29, 0.717) is 0 Å². The van der Waals surface area contributed by atoms with Crippen molar-refractivity contribution in [2.75, 3.05) is 18.5 Å². The minimum Gasteiger partial charge on any atom is -0.396 e. The number of halogens is 1. The maximum absolute atomic E-state index is 12.8. The number of nitrogens with one attached hydrogen (secondary N) is 1. The third kappa shape index (κ3) is 5.37. The van der Waals surface area contributed by atoms with Crippen molar-refractivity contribution in [1.29, 1.82) is 0 Å². The lowest BCUT2D eigenvalue weighted by Gasteiger charge is -2.05. The fourth-order valence-corrected chi connectivity index (χ4v) is 1.42. The van der Waals surface area contributed by atoms with Crippen molar-refractivity contribution in [3.05, 3.63) is 30.1 Å². The number of unbranched alkanes of at least 4 members (excludes halogenated alkanes) is 3. The Morgan fingerprint density at radius 3 is 2.67 bits per heavy atom. The molecule has 0 fully saturated rings. The smallest absolute Gasteiger partial charge is 0.125 e. The summed E-state index contributed by atoms with van der Waals surface area (Å²) in [6.45, 7) is 1.13. The summed E-state index contributed by atoms with van der Waals surface area (Å²) in [5.74, 6) is -0.208. The lowest BCUT2D eigenvalue weighted by molar-refractivity contribution is 0.283. The molecule has 0 aliphatic carbocycles. The summed E-state index contributed by atoms with van der Waals surface area (Å²) in [6, 6.07) is 6.49. The zero-order valence-electron chi connectivity index (χ0n) is 8.88. The van der Waals surface area contributed by atoms with Crippen molar-refractivity contribution < 1.29 is 9.50 Å². The van der Waals surface area contributed by atoms with Gasteiger partial charge in [-0.3, -0.25) is 0 Å². The molecule has 0 amide bonds. The summed E-state index contributed by atoms with van der Waals surface area (Å²) in [4.78, 5) is 0. The van der Waals surface area contributed by atoms with Crippen molar-refractivity contribution in [1.82, 2.24) is 0 Å². The van der Waals surface area contributed by atoms with Crippen LogP contribution in [0, 0.1) is 5.82 Å². The normalized spacial score (nSPS) is 10.3. The lowest BCUT2D eigenvalue weighted by Crippen LogP contribution is -2.01. The maximum atomic E-state index is 12.8. The van der Waals surface area contributed by atoms with Gasteiger partial charge in [-0.1, -0.05) is 18.9 Å². The van der Waals surface area contributed by atoms with Crippen molar-refractivity contribution in [2.24, 2.45) is 0 Å². The number of benzene rings is 1. The summed E-state index contributed by atoms with van der Waals surface area (Å²) in [5, 5.41) is 11.7. The summed E-state index contributed by atoms with van der Waals surface area (Å²) in [7, 11) is 0. The van der Waals surface area contributed by atoms with Gasteiger partial charge in [-0.05, 0) is 31.0 Å². The maximum Gasteiger partial charge on any atom is 0.125 e. The molecule has 0 unspecified atom stereocenters. The fraction of sp³-hybridized carbons (Fsp3) is 0.500. The van der Waals surface area contributed by atoms with Gasteiger partial charge in [-0.25, -0.2) is 4.39 Å². The van der Waals surface area contributed by atoms with E-state index < -0.39 is 0 Å². The van der Waals surface area contributed by atoms with Crippen LogP contribution in [0.25, 0.3) is 0 Å². The van der Waals surface area contributed by atoms with Crippen molar-refractivity contribution in [2.45, 2.75) is 25.7 Å². The monoisotopic (exact) mass is 211 g/mol. The van der Waals surface area contributed by atoms with E-state index in [2.05, 4.69) is 5.32 Å². The van der Waals surface area contributed by atoms with Crippen molar-refractivity contribution in [3.8, 4) is 0 Å². The van der Waals surface area contributed by atoms with Gasteiger partial charge in [-0.15, -0.1) is 0 Å². The molecule has 2 N–H and O–H groups in total. The van der Waals surface area contributed by atoms with Gasteiger partial charge in [0.25, 0.3) is 0 Å². The van der Waals surface area contributed by atoms with E-state index in [9.17, 15) is 4.39 Å². The summed E-state index contributed by atoms with van der Waals surface area (Å²) >= 11 is 0. The Morgan fingerprint density at radius 2 is 1.93 bits per heavy atom. The predicted molar refractivity (Wildman–Crippen MR) is 60.4 cm³/mol. The first-order valence-electron chi connectivity index (χ1n) is 5.43. The molecule has 0 saturated carbocycles. The molecule has 84 valence electrons. The zero-order chi connectivity index (χ0) is 10.9. The predicted octanol–water partition coefficient (Wildman–Crippen LogP) is 2.79. The highest BCUT2D eigenvalue weighted by Crippen LogP contribution is 2.09. The van der Waals surface area contributed by atoms with Gasteiger partial charge in [0.2, 0.25) is 0 Å². The second kappa shape index (κ2) is 7.23. The van der Waals surface area contributed by atoms with Gasteiger partial charge in [0.05, 0.1) is 0 Å². The molecule has 0 radical (unpaired) electrons. The number of aliphatic hydroxyl groups is 1. The van der Waals surface area contributed by atoms with E-state index in [1.807, 2.05) is 6.07 Å². The SMILES string of the molecule is OCCCCCCNc1cccc(F)c1. The van der Waals surface area contributed by atoms with Crippen LogP contribution in [0.2, 0.25) is 0 Å². The first-order chi connectivity index (χ1) is 7.33. The van der Waals surface area contributed by atoms with Gasteiger partial charge in [-0.2, -0.15) is 0 Å². The highest BCUT2D eigenvalue weighted by molar-refractivity contribution is 5.42. The van der Waals surface area contributed by atoms with Crippen LogP contribution in [-0.4, -0.2) is 18.3 Å². The standard InChI is InChI=1S/C12H18FNO/c13-11-6-5-7-12(10-11)14-8-3-1-2-4-9-15/h5-7,10,14-15H,1-4,8-9H2. The molecule has 0 aromatic heterocycles. The Kier molecular flexibility index (Phi) is 5.78. The van der Waals surface area contributed by atoms with Crippen LogP contribution in [0.4, 0.5) is 10.1 Å². The molecule has 0 aliphatic rings. The third-order valence-corrected chi connectivity index (χ3v) is 2.24. The Morgan fingerprint density at radius 1 is 1.13 bits per heavy atom. The van der Waals surface area contributed by atoms with E-state index in [1.54, 1.807) is 6.07 Å². The molecular formula is C12H18FNO. The molecular weight excluding hydrogens is 193 g/mol. The van der Waals surface area contributed by atoms with Crippen molar-refractivity contribution >= 4 is 5.69 Å². The Bertz CT molecular complexity index is 278. The molecule has 1 rings (SSSR count). The second-order valence-corrected chi connectivity index (χ2v) is 3.57. The molecule has 0 saturated heterocycles. The average Bonchev–Trinajstić information content (AvgIpc) is 2.23. The van der Waals surface area contributed by atoms with Crippen LogP contribution in [0.1, 0.15) is 25.7 Å². The molecule has 0 bridgehead atoms. The molecule has 0 heterocycles. The van der Waals surface area contributed by atoms with Gasteiger partial charge >= 0.3 is 0 Å². The minimum atomic E-state index is -0.208. The quantitative estimate of drug-likeness (QED) is 0.680. The average molecular weight is 211 g/mol. The second-order valence-electron chi connectivity index (χ2n) is 3.57. The van der Waals surface area contributed by atoms with Crippen molar-refractivity contribution in [3.63, 3.8) is 0 Å².